The molecule has 4 nitrogen and oxygen atoms in total. The second-order valence-corrected chi connectivity index (χ2v) is 10.2. The van der Waals surface area contributed by atoms with Crippen molar-refractivity contribution in [1.82, 2.24) is 4.98 Å². The lowest BCUT2D eigenvalue weighted by atomic mass is 9.96. The molecule has 2 aromatic heterocycles. The lowest BCUT2D eigenvalue weighted by Gasteiger charge is -2.21. The van der Waals surface area contributed by atoms with Crippen molar-refractivity contribution in [2.75, 3.05) is 0 Å². The molecule has 0 radical (unpaired) electrons. The summed E-state index contributed by atoms with van der Waals surface area (Å²) in [5.41, 5.74) is 4.88. The average Bonchev–Trinajstić information content (AvgIpc) is 2.92. The van der Waals surface area contributed by atoms with Gasteiger partial charge < -0.3 is 9.15 Å². The van der Waals surface area contributed by atoms with Crippen molar-refractivity contribution in [3.05, 3.63) is 123 Å². The fourth-order valence-electron chi connectivity index (χ4n) is 4.46. The van der Waals surface area contributed by atoms with E-state index in [1.165, 1.54) is 5.56 Å². The van der Waals surface area contributed by atoms with E-state index in [1.807, 2.05) is 87.5 Å². The van der Waals surface area contributed by atoms with Gasteiger partial charge in [0.2, 0.25) is 0 Å². The molecule has 1 atom stereocenters. The van der Waals surface area contributed by atoms with Gasteiger partial charge in [-0.05, 0) is 50.1 Å². The van der Waals surface area contributed by atoms with Gasteiger partial charge in [-0.15, -0.1) is 0 Å². The second-order valence-electron chi connectivity index (χ2n) is 8.89. The lowest BCUT2D eigenvalue weighted by Crippen LogP contribution is -2.14. The number of fused-ring (bicyclic) bond motifs is 1. The largest absolute Gasteiger partial charge is 0.483 e. The molecule has 0 unspecified atom stereocenters. The summed E-state index contributed by atoms with van der Waals surface area (Å²) in [6.45, 7) is 5.74. The van der Waals surface area contributed by atoms with Gasteiger partial charge >= 0.3 is 0 Å². The van der Waals surface area contributed by atoms with Crippen molar-refractivity contribution in [2.24, 2.45) is 0 Å². The van der Waals surface area contributed by atoms with E-state index >= 15 is 0 Å². The highest BCUT2D eigenvalue weighted by Crippen LogP contribution is 2.37. The van der Waals surface area contributed by atoms with Crippen LogP contribution in [0.3, 0.4) is 0 Å². The van der Waals surface area contributed by atoms with Crippen LogP contribution in [-0.4, -0.2) is 4.98 Å². The number of halogens is 1. The molecular weight excluding hydrogens is 502 g/mol. The van der Waals surface area contributed by atoms with Gasteiger partial charge in [0, 0.05) is 22.4 Å². The first kappa shape index (κ1) is 25.1. The summed E-state index contributed by atoms with van der Waals surface area (Å²) < 4.78 is 12.7. The Bertz CT molecular complexity index is 1620. The van der Waals surface area contributed by atoms with Crippen LogP contribution < -0.4 is 10.2 Å². The Labute approximate surface area is 225 Å². The maximum absolute atomic E-state index is 13.7. The molecule has 0 bridgehead atoms. The molecule has 186 valence electrons. The summed E-state index contributed by atoms with van der Waals surface area (Å²) in [6, 6.07) is 27.3. The third-order valence-corrected chi connectivity index (χ3v) is 7.56. The molecule has 0 spiro atoms. The molecule has 0 aliphatic heterocycles. The van der Waals surface area contributed by atoms with E-state index in [0.717, 1.165) is 22.4 Å². The molecule has 0 saturated carbocycles. The minimum atomic E-state index is -0.423. The molecule has 2 heterocycles. The molecule has 5 rings (SSSR count). The normalized spacial score (nSPS) is 12.0. The zero-order chi connectivity index (χ0) is 25.9. The van der Waals surface area contributed by atoms with E-state index in [1.54, 1.807) is 17.8 Å². The van der Waals surface area contributed by atoms with E-state index in [0.29, 0.717) is 38.2 Å². The zero-order valence-electron chi connectivity index (χ0n) is 20.8. The van der Waals surface area contributed by atoms with Crippen LogP contribution >= 0.6 is 23.4 Å². The van der Waals surface area contributed by atoms with Gasteiger partial charge in [0.1, 0.15) is 27.6 Å². The molecule has 0 fully saturated rings. The van der Waals surface area contributed by atoms with Crippen LogP contribution in [0, 0.1) is 13.8 Å². The maximum atomic E-state index is 13.7. The Kier molecular flexibility index (Phi) is 7.36. The first-order valence-corrected chi connectivity index (χ1v) is 13.4. The minimum absolute atomic E-state index is 0.0536. The Morgan fingerprint density at radius 3 is 2.38 bits per heavy atom. The number of pyridine rings is 1. The quantitative estimate of drug-likeness (QED) is 0.157. The van der Waals surface area contributed by atoms with Crippen LogP contribution in [0.25, 0.3) is 22.3 Å². The summed E-state index contributed by atoms with van der Waals surface area (Å²) >= 11 is 7.79. The predicted molar refractivity (Wildman–Crippen MR) is 152 cm³/mol. The number of ether oxygens (including phenoxy) is 1. The smallest absolute Gasteiger partial charge is 0.196 e. The van der Waals surface area contributed by atoms with Gasteiger partial charge in [-0.1, -0.05) is 90.1 Å². The van der Waals surface area contributed by atoms with Gasteiger partial charge in [0.05, 0.1) is 5.39 Å². The van der Waals surface area contributed by atoms with Crippen LogP contribution in [-0.2, 0) is 5.75 Å². The Balaban J connectivity index is 1.52. The highest BCUT2D eigenvalue weighted by atomic mass is 35.5. The van der Waals surface area contributed by atoms with Gasteiger partial charge in [-0.25, -0.2) is 4.98 Å². The summed E-state index contributed by atoms with van der Waals surface area (Å²) in [7, 11) is 0. The van der Waals surface area contributed by atoms with Crippen molar-refractivity contribution in [3.8, 4) is 17.1 Å². The van der Waals surface area contributed by atoms with E-state index < -0.39 is 6.10 Å². The number of aromatic nitrogens is 1. The summed E-state index contributed by atoms with van der Waals surface area (Å²) in [4.78, 5) is 18.2. The first-order valence-electron chi connectivity index (χ1n) is 12.0. The van der Waals surface area contributed by atoms with Crippen molar-refractivity contribution in [2.45, 2.75) is 37.7 Å². The molecule has 0 saturated heterocycles. The maximum Gasteiger partial charge on any atom is 0.196 e. The Hall–Kier alpha value is -3.54. The fraction of sp³-hybridized carbons (Fsp3) is 0.161. The van der Waals surface area contributed by atoms with Gasteiger partial charge in [0.15, 0.2) is 11.2 Å². The first-order chi connectivity index (χ1) is 17.9. The van der Waals surface area contributed by atoms with Gasteiger partial charge in [0.25, 0.3) is 0 Å². The van der Waals surface area contributed by atoms with Crippen molar-refractivity contribution in [1.29, 1.82) is 0 Å². The Morgan fingerprint density at radius 2 is 1.65 bits per heavy atom. The molecule has 37 heavy (non-hydrogen) atoms. The number of thioether (sulfide) groups is 1. The van der Waals surface area contributed by atoms with Crippen LogP contribution in [0.4, 0.5) is 0 Å². The monoisotopic (exact) mass is 527 g/mol. The summed E-state index contributed by atoms with van der Waals surface area (Å²) in [6.07, 6.45) is -0.423. The van der Waals surface area contributed by atoms with Crippen LogP contribution in [0.1, 0.15) is 35.3 Å². The molecule has 0 amide bonds. The van der Waals surface area contributed by atoms with Crippen LogP contribution in [0.2, 0.25) is 5.15 Å². The fourth-order valence-corrected chi connectivity index (χ4v) is 5.58. The third kappa shape index (κ3) is 5.29. The van der Waals surface area contributed by atoms with Crippen molar-refractivity contribution < 1.29 is 9.15 Å². The number of rotatable bonds is 7. The number of hydrogen-bond acceptors (Lipinski definition) is 5. The third-order valence-electron chi connectivity index (χ3n) is 6.30. The molecule has 5 aromatic rings. The number of nitrogens with zero attached hydrogens (tertiary/aromatic N) is 1. The van der Waals surface area contributed by atoms with Crippen LogP contribution in [0.5, 0.6) is 5.75 Å². The van der Waals surface area contributed by atoms with Gasteiger partial charge in [-0.2, -0.15) is 0 Å². The SMILES string of the molecule is Cc1ccc2oc(-c3ccccc3)c(C)c(=O)c2c1[C@@H](C)Oc1ccc(Cl)nc1SCc1ccccc1. The number of hydrogen-bond donors (Lipinski definition) is 0. The van der Waals surface area contributed by atoms with Crippen molar-refractivity contribution >= 4 is 34.3 Å². The average molecular weight is 528 g/mol. The number of benzene rings is 3. The molecule has 3 aromatic carbocycles. The predicted octanol–water partition coefficient (Wildman–Crippen LogP) is 8.56. The summed E-state index contributed by atoms with van der Waals surface area (Å²) in [5, 5.41) is 1.65. The number of aryl methyl sites for hydroxylation is 1. The molecule has 0 aliphatic carbocycles. The molecule has 0 N–H and O–H groups in total. The second kappa shape index (κ2) is 10.8. The van der Waals surface area contributed by atoms with E-state index in [4.69, 9.17) is 20.8 Å². The molecular formula is C31H26ClNO3S. The molecule has 0 aliphatic rings. The zero-order valence-corrected chi connectivity index (χ0v) is 22.4. The van der Waals surface area contributed by atoms with E-state index in [-0.39, 0.29) is 5.43 Å². The Morgan fingerprint density at radius 1 is 0.946 bits per heavy atom. The van der Waals surface area contributed by atoms with E-state index in [9.17, 15) is 4.79 Å². The highest BCUT2D eigenvalue weighted by Gasteiger charge is 2.22. The van der Waals surface area contributed by atoms with E-state index in [2.05, 4.69) is 17.1 Å². The van der Waals surface area contributed by atoms with Crippen molar-refractivity contribution in [3.63, 3.8) is 0 Å². The van der Waals surface area contributed by atoms with Gasteiger partial charge in [-0.3, -0.25) is 4.79 Å². The highest BCUT2D eigenvalue weighted by molar-refractivity contribution is 7.98. The minimum Gasteiger partial charge on any atom is -0.483 e. The lowest BCUT2D eigenvalue weighted by molar-refractivity contribution is 0.220. The summed E-state index contributed by atoms with van der Waals surface area (Å²) in [5.74, 6) is 1.94. The topological polar surface area (TPSA) is 52.3 Å². The standard InChI is InChI=1S/C31H26ClNO3S/c1-19-14-15-24-28(29(34)20(2)30(36-24)23-12-8-5-9-13-23)27(19)21(3)35-25-16-17-26(32)33-31(25)37-18-22-10-6-4-7-11-22/h4-17,21H,18H2,1-3H3/t21-/m1/s1. The van der Waals surface area contributed by atoms with Crippen LogP contribution in [0.15, 0.2) is 99.2 Å². The molecule has 6 heteroatoms.